The van der Waals surface area contributed by atoms with Gasteiger partial charge in [0.15, 0.2) is 5.96 Å². The predicted octanol–water partition coefficient (Wildman–Crippen LogP) is 3.53. The third-order valence-corrected chi connectivity index (χ3v) is 6.55. The van der Waals surface area contributed by atoms with E-state index >= 15 is 0 Å². The lowest BCUT2D eigenvalue weighted by atomic mass is 9.73. The highest BCUT2D eigenvalue weighted by molar-refractivity contribution is 14.0. The van der Waals surface area contributed by atoms with Crippen molar-refractivity contribution in [3.8, 4) is 0 Å². The standard InChI is InChI=1S/C20H36N4O.HI/c1-21-19(24-15-12-20(16-24)10-6-3-7-11-20)23-14-13-22-18(25)17-8-4-2-5-9-17;/h17H,2-16H2,1H3,(H,21,23)(H,22,25);1H. The van der Waals surface area contributed by atoms with Gasteiger partial charge >= 0.3 is 0 Å². The van der Waals surface area contributed by atoms with Crippen molar-refractivity contribution in [2.75, 3.05) is 33.2 Å². The Balaban J connectivity index is 0.00000243. The summed E-state index contributed by atoms with van der Waals surface area (Å²) in [7, 11) is 1.87. The van der Waals surface area contributed by atoms with E-state index in [4.69, 9.17) is 0 Å². The zero-order valence-corrected chi connectivity index (χ0v) is 18.7. The minimum absolute atomic E-state index is 0. The van der Waals surface area contributed by atoms with Crippen LogP contribution in [-0.4, -0.2) is 50.0 Å². The predicted molar refractivity (Wildman–Crippen MR) is 118 cm³/mol. The van der Waals surface area contributed by atoms with Gasteiger partial charge in [-0.2, -0.15) is 0 Å². The molecule has 3 fully saturated rings. The lowest BCUT2D eigenvalue weighted by molar-refractivity contribution is -0.125. The molecule has 0 atom stereocenters. The summed E-state index contributed by atoms with van der Waals surface area (Å²) >= 11 is 0. The number of hydrogen-bond acceptors (Lipinski definition) is 2. The summed E-state index contributed by atoms with van der Waals surface area (Å²) in [5.74, 6) is 1.51. The van der Waals surface area contributed by atoms with Crippen LogP contribution in [0.5, 0.6) is 0 Å². The molecule has 2 aliphatic carbocycles. The van der Waals surface area contributed by atoms with Crippen LogP contribution in [0.25, 0.3) is 0 Å². The molecule has 3 rings (SSSR count). The van der Waals surface area contributed by atoms with Crippen LogP contribution < -0.4 is 10.6 Å². The van der Waals surface area contributed by atoms with Gasteiger partial charge in [0.2, 0.25) is 5.91 Å². The number of guanidine groups is 1. The monoisotopic (exact) mass is 476 g/mol. The van der Waals surface area contributed by atoms with E-state index in [0.29, 0.717) is 12.0 Å². The summed E-state index contributed by atoms with van der Waals surface area (Å²) in [5.41, 5.74) is 0.547. The fourth-order valence-corrected chi connectivity index (χ4v) is 5.03. The molecule has 0 unspecified atom stereocenters. The van der Waals surface area contributed by atoms with Crippen LogP contribution in [0.1, 0.15) is 70.6 Å². The highest BCUT2D eigenvalue weighted by Crippen LogP contribution is 2.43. The summed E-state index contributed by atoms with van der Waals surface area (Å²) in [6.45, 7) is 3.72. The number of carbonyl (C=O) groups excluding carboxylic acids is 1. The van der Waals surface area contributed by atoms with Crippen molar-refractivity contribution < 1.29 is 4.79 Å². The molecule has 0 radical (unpaired) electrons. The molecule has 3 aliphatic rings. The molecule has 1 amide bonds. The van der Waals surface area contributed by atoms with Crippen molar-refractivity contribution in [2.24, 2.45) is 16.3 Å². The van der Waals surface area contributed by atoms with Gasteiger partial charge in [-0.05, 0) is 37.5 Å². The maximum Gasteiger partial charge on any atom is 0.223 e. The molecule has 1 spiro atoms. The first kappa shape index (κ1) is 21.8. The molecule has 150 valence electrons. The Hall–Kier alpha value is -0.530. The maximum absolute atomic E-state index is 12.2. The summed E-state index contributed by atoms with van der Waals surface area (Å²) in [6, 6.07) is 0. The number of rotatable bonds is 4. The van der Waals surface area contributed by atoms with Gasteiger partial charge in [-0.15, -0.1) is 24.0 Å². The van der Waals surface area contributed by atoms with Crippen molar-refractivity contribution in [2.45, 2.75) is 70.6 Å². The SMILES string of the molecule is CN=C(NCCNC(=O)C1CCCCC1)N1CCC2(CCCCC2)C1.I. The Bertz CT molecular complexity index is 470. The molecule has 1 saturated heterocycles. The van der Waals surface area contributed by atoms with E-state index in [9.17, 15) is 4.79 Å². The van der Waals surface area contributed by atoms with Gasteiger partial charge in [0.25, 0.3) is 0 Å². The zero-order valence-electron chi connectivity index (χ0n) is 16.4. The number of carbonyl (C=O) groups is 1. The molecule has 26 heavy (non-hydrogen) atoms. The van der Waals surface area contributed by atoms with Crippen LogP contribution in [-0.2, 0) is 4.79 Å². The molecule has 6 heteroatoms. The van der Waals surface area contributed by atoms with Crippen molar-refractivity contribution >= 4 is 35.8 Å². The molecule has 0 bridgehead atoms. The molecule has 0 aromatic carbocycles. The van der Waals surface area contributed by atoms with Gasteiger partial charge in [0, 0.05) is 39.1 Å². The quantitative estimate of drug-likeness (QED) is 0.283. The topological polar surface area (TPSA) is 56.7 Å². The summed E-state index contributed by atoms with van der Waals surface area (Å²) < 4.78 is 0. The normalized spacial score (nSPS) is 23.6. The van der Waals surface area contributed by atoms with Crippen LogP contribution in [0.3, 0.4) is 0 Å². The second-order valence-electron chi connectivity index (χ2n) is 8.33. The first-order valence-electron chi connectivity index (χ1n) is 10.5. The first-order valence-corrected chi connectivity index (χ1v) is 10.5. The number of hydrogen-bond donors (Lipinski definition) is 2. The Labute approximate surface area is 176 Å². The fraction of sp³-hybridized carbons (Fsp3) is 0.900. The van der Waals surface area contributed by atoms with Gasteiger partial charge in [-0.3, -0.25) is 9.79 Å². The van der Waals surface area contributed by atoms with Crippen LogP contribution in [0.15, 0.2) is 4.99 Å². The van der Waals surface area contributed by atoms with Crippen LogP contribution in [0.4, 0.5) is 0 Å². The number of nitrogens with zero attached hydrogens (tertiary/aromatic N) is 2. The van der Waals surface area contributed by atoms with Crippen molar-refractivity contribution in [1.82, 2.24) is 15.5 Å². The summed E-state index contributed by atoms with van der Waals surface area (Å²) in [6.07, 6.45) is 14.1. The molecule has 1 aliphatic heterocycles. The largest absolute Gasteiger partial charge is 0.354 e. The zero-order chi connectivity index (χ0) is 17.5. The number of amides is 1. The van der Waals surface area contributed by atoms with Gasteiger partial charge in [-0.1, -0.05) is 38.5 Å². The molecular weight excluding hydrogens is 439 g/mol. The Kier molecular flexibility index (Phi) is 8.97. The van der Waals surface area contributed by atoms with E-state index in [0.717, 1.165) is 38.4 Å². The number of likely N-dealkylation sites (tertiary alicyclic amines) is 1. The summed E-state index contributed by atoms with van der Waals surface area (Å²) in [4.78, 5) is 19.1. The van der Waals surface area contributed by atoms with Crippen molar-refractivity contribution in [3.63, 3.8) is 0 Å². The first-order chi connectivity index (χ1) is 12.2. The van der Waals surface area contributed by atoms with Gasteiger partial charge in [-0.25, -0.2) is 0 Å². The van der Waals surface area contributed by atoms with Crippen LogP contribution in [0.2, 0.25) is 0 Å². The van der Waals surface area contributed by atoms with E-state index in [1.165, 1.54) is 57.8 Å². The third kappa shape index (κ3) is 5.73. The smallest absolute Gasteiger partial charge is 0.223 e. The van der Waals surface area contributed by atoms with Gasteiger partial charge in [0.1, 0.15) is 0 Å². The van der Waals surface area contributed by atoms with E-state index in [1.54, 1.807) is 0 Å². The molecule has 1 heterocycles. The van der Waals surface area contributed by atoms with Crippen molar-refractivity contribution in [3.05, 3.63) is 0 Å². The minimum atomic E-state index is 0. The minimum Gasteiger partial charge on any atom is -0.354 e. The lowest BCUT2D eigenvalue weighted by Gasteiger charge is -2.33. The molecule has 2 N–H and O–H groups in total. The number of halogens is 1. The second kappa shape index (κ2) is 10.7. The summed E-state index contributed by atoms with van der Waals surface area (Å²) in [5, 5.41) is 6.56. The lowest BCUT2D eigenvalue weighted by Crippen LogP contribution is -2.44. The van der Waals surface area contributed by atoms with E-state index in [2.05, 4.69) is 20.5 Å². The third-order valence-electron chi connectivity index (χ3n) is 6.55. The molecule has 5 nitrogen and oxygen atoms in total. The Morgan fingerprint density at radius 3 is 2.35 bits per heavy atom. The maximum atomic E-state index is 12.2. The van der Waals surface area contributed by atoms with Gasteiger partial charge < -0.3 is 15.5 Å². The van der Waals surface area contributed by atoms with Crippen LogP contribution in [0, 0.1) is 11.3 Å². The fourth-order valence-electron chi connectivity index (χ4n) is 5.03. The molecule has 0 aromatic heterocycles. The van der Waals surface area contributed by atoms with E-state index in [-0.39, 0.29) is 35.8 Å². The Morgan fingerprint density at radius 1 is 1.00 bits per heavy atom. The molecule has 2 saturated carbocycles. The highest BCUT2D eigenvalue weighted by atomic mass is 127. The van der Waals surface area contributed by atoms with Crippen LogP contribution >= 0.6 is 24.0 Å². The molecule has 0 aromatic rings. The second-order valence-corrected chi connectivity index (χ2v) is 8.33. The van der Waals surface area contributed by atoms with E-state index in [1.807, 2.05) is 7.05 Å². The van der Waals surface area contributed by atoms with Crippen molar-refractivity contribution in [1.29, 1.82) is 0 Å². The van der Waals surface area contributed by atoms with Gasteiger partial charge in [0.05, 0.1) is 0 Å². The number of nitrogens with one attached hydrogen (secondary N) is 2. The molecular formula is C20H37IN4O. The highest BCUT2D eigenvalue weighted by Gasteiger charge is 2.39. The average Bonchev–Trinajstić information content (AvgIpc) is 3.06. The van der Waals surface area contributed by atoms with E-state index < -0.39 is 0 Å². The average molecular weight is 476 g/mol. The Morgan fingerprint density at radius 2 is 1.65 bits per heavy atom. The number of aliphatic imine (C=N–C) groups is 1.